The molecule has 0 heterocycles. The van der Waals surface area contributed by atoms with Crippen LogP contribution in [0.4, 0.5) is 0 Å². The van der Waals surface area contributed by atoms with Crippen molar-refractivity contribution in [3.8, 4) is 0 Å². The number of rotatable bonds is 3. The topological polar surface area (TPSA) is 20.2 Å². The second-order valence-corrected chi connectivity index (χ2v) is 6.51. The first kappa shape index (κ1) is 13.8. The Balaban J connectivity index is 1.93. The number of halogens is 1. The SMILES string of the molecule is Cc1c(Br)cccc1C(O)c1cccc(C2CCC2)c1. The fourth-order valence-electron chi connectivity index (χ4n) is 2.82. The zero-order valence-electron chi connectivity index (χ0n) is 11.6. The molecule has 1 aliphatic rings. The van der Waals surface area contributed by atoms with Crippen LogP contribution in [-0.2, 0) is 0 Å². The molecule has 1 atom stereocenters. The molecule has 0 aliphatic heterocycles. The van der Waals surface area contributed by atoms with Crippen molar-refractivity contribution in [2.24, 2.45) is 0 Å². The zero-order chi connectivity index (χ0) is 14.1. The van der Waals surface area contributed by atoms with Crippen LogP contribution < -0.4 is 0 Å². The maximum absolute atomic E-state index is 10.7. The highest BCUT2D eigenvalue weighted by Gasteiger charge is 2.21. The van der Waals surface area contributed by atoms with Gasteiger partial charge in [0.25, 0.3) is 0 Å². The van der Waals surface area contributed by atoms with Gasteiger partial charge in [0.1, 0.15) is 6.10 Å². The molecule has 0 saturated heterocycles. The molecular formula is C18H19BrO. The number of aliphatic hydroxyl groups excluding tert-OH is 1. The Morgan fingerprint density at radius 1 is 1.15 bits per heavy atom. The molecule has 3 rings (SSSR count). The van der Waals surface area contributed by atoms with Gasteiger partial charge in [0.05, 0.1) is 0 Å². The third-order valence-electron chi connectivity index (χ3n) is 4.41. The minimum absolute atomic E-state index is 0.549. The third kappa shape index (κ3) is 2.55. The number of aliphatic hydroxyl groups is 1. The van der Waals surface area contributed by atoms with Crippen LogP contribution in [0.3, 0.4) is 0 Å². The highest BCUT2D eigenvalue weighted by atomic mass is 79.9. The van der Waals surface area contributed by atoms with Crippen molar-refractivity contribution >= 4 is 15.9 Å². The molecule has 0 aromatic heterocycles. The highest BCUT2D eigenvalue weighted by molar-refractivity contribution is 9.10. The standard InChI is InChI=1S/C18H19BrO/c1-12-16(9-4-10-17(12)19)18(20)15-8-3-7-14(11-15)13-5-2-6-13/h3-4,7-11,13,18,20H,2,5-6H2,1H3. The van der Waals surface area contributed by atoms with Gasteiger partial charge in [-0.05, 0) is 54.0 Å². The van der Waals surface area contributed by atoms with E-state index in [0.29, 0.717) is 5.92 Å². The summed E-state index contributed by atoms with van der Waals surface area (Å²) in [6.45, 7) is 2.04. The zero-order valence-corrected chi connectivity index (χ0v) is 13.2. The highest BCUT2D eigenvalue weighted by Crippen LogP contribution is 2.38. The lowest BCUT2D eigenvalue weighted by atomic mass is 9.79. The molecule has 2 aromatic carbocycles. The molecule has 20 heavy (non-hydrogen) atoms. The van der Waals surface area contributed by atoms with Gasteiger partial charge in [-0.15, -0.1) is 0 Å². The van der Waals surface area contributed by atoms with Crippen LogP contribution in [0.25, 0.3) is 0 Å². The summed E-state index contributed by atoms with van der Waals surface area (Å²) < 4.78 is 1.05. The van der Waals surface area contributed by atoms with Gasteiger partial charge in [-0.1, -0.05) is 58.7 Å². The molecule has 1 aliphatic carbocycles. The largest absolute Gasteiger partial charge is 0.384 e. The van der Waals surface area contributed by atoms with Crippen molar-refractivity contribution in [3.63, 3.8) is 0 Å². The van der Waals surface area contributed by atoms with E-state index in [2.05, 4.69) is 34.1 Å². The van der Waals surface area contributed by atoms with Gasteiger partial charge in [0.15, 0.2) is 0 Å². The van der Waals surface area contributed by atoms with E-state index in [1.54, 1.807) is 0 Å². The Kier molecular flexibility index (Phi) is 3.95. The Hall–Kier alpha value is -1.12. The van der Waals surface area contributed by atoms with E-state index in [1.165, 1.54) is 24.8 Å². The Labute approximate surface area is 128 Å². The summed E-state index contributed by atoms with van der Waals surface area (Å²) in [7, 11) is 0. The van der Waals surface area contributed by atoms with Gasteiger partial charge in [-0.3, -0.25) is 0 Å². The lowest BCUT2D eigenvalue weighted by Crippen LogP contribution is -2.10. The first-order valence-corrected chi connectivity index (χ1v) is 7.99. The smallest absolute Gasteiger partial charge is 0.104 e. The van der Waals surface area contributed by atoms with Crippen LogP contribution in [0, 0.1) is 6.92 Å². The van der Waals surface area contributed by atoms with Gasteiger partial charge in [-0.2, -0.15) is 0 Å². The van der Waals surface area contributed by atoms with Crippen LogP contribution in [0.15, 0.2) is 46.9 Å². The molecule has 1 N–H and O–H groups in total. The fourth-order valence-corrected chi connectivity index (χ4v) is 3.21. The van der Waals surface area contributed by atoms with E-state index in [-0.39, 0.29) is 0 Å². The third-order valence-corrected chi connectivity index (χ3v) is 5.27. The Morgan fingerprint density at radius 2 is 1.90 bits per heavy atom. The van der Waals surface area contributed by atoms with Crippen LogP contribution in [-0.4, -0.2) is 5.11 Å². The predicted molar refractivity (Wildman–Crippen MR) is 86.0 cm³/mol. The van der Waals surface area contributed by atoms with Crippen molar-refractivity contribution in [2.45, 2.75) is 38.2 Å². The molecule has 0 amide bonds. The lowest BCUT2D eigenvalue weighted by Gasteiger charge is -2.26. The lowest BCUT2D eigenvalue weighted by molar-refractivity contribution is 0.219. The maximum atomic E-state index is 10.7. The second kappa shape index (κ2) is 5.71. The first-order chi connectivity index (χ1) is 9.66. The number of hydrogen-bond donors (Lipinski definition) is 1. The van der Waals surface area contributed by atoms with E-state index in [9.17, 15) is 5.11 Å². The molecule has 2 aromatic rings. The normalized spacial score (nSPS) is 16.8. The van der Waals surface area contributed by atoms with E-state index in [1.807, 2.05) is 31.2 Å². The Morgan fingerprint density at radius 3 is 2.60 bits per heavy atom. The van der Waals surface area contributed by atoms with Crippen LogP contribution in [0.2, 0.25) is 0 Å². The van der Waals surface area contributed by atoms with Gasteiger partial charge in [-0.25, -0.2) is 0 Å². The van der Waals surface area contributed by atoms with E-state index in [4.69, 9.17) is 0 Å². The quantitative estimate of drug-likeness (QED) is 0.829. The molecule has 0 bridgehead atoms. The average Bonchev–Trinajstić information content (AvgIpc) is 2.40. The van der Waals surface area contributed by atoms with E-state index < -0.39 is 6.10 Å². The van der Waals surface area contributed by atoms with Crippen molar-refractivity contribution in [1.82, 2.24) is 0 Å². The van der Waals surface area contributed by atoms with Crippen molar-refractivity contribution < 1.29 is 5.11 Å². The van der Waals surface area contributed by atoms with Crippen LogP contribution in [0.1, 0.15) is 53.5 Å². The van der Waals surface area contributed by atoms with Crippen molar-refractivity contribution in [3.05, 3.63) is 69.2 Å². The Bertz CT molecular complexity index is 617. The molecule has 1 fully saturated rings. The summed E-state index contributed by atoms with van der Waals surface area (Å²) in [5, 5.41) is 10.7. The fraction of sp³-hybridized carbons (Fsp3) is 0.333. The molecule has 1 unspecified atom stereocenters. The molecule has 2 heteroatoms. The average molecular weight is 331 g/mol. The monoisotopic (exact) mass is 330 g/mol. The van der Waals surface area contributed by atoms with Crippen LogP contribution in [0.5, 0.6) is 0 Å². The minimum Gasteiger partial charge on any atom is -0.384 e. The van der Waals surface area contributed by atoms with Crippen molar-refractivity contribution in [1.29, 1.82) is 0 Å². The molecule has 1 nitrogen and oxygen atoms in total. The predicted octanol–water partition coefficient (Wildman–Crippen LogP) is 5.11. The van der Waals surface area contributed by atoms with Gasteiger partial charge >= 0.3 is 0 Å². The molecule has 0 spiro atoms. The van der Waals surface area contributed by atoms with Gasteiger partial charge in [0.2, 0.25) is 0 Å². The summed E-state index contributed by atoms with van der Waals surface area (Å²) in [4.78, 5) is 0. The summed E-state index contributed by atoms with van der Waals surface area (Å²) in [6.07, 6.45) is 3.36. The molecule has 104 valence electrons. The number of benzene rings is 2. The van der Waals surface area contributed by atoms with Gasteiger partial charge < -0.3 is 5.11 Å². The van der Waals surface area contributed by atoms with E-state index >= 15 is 0 Å². The summed E-state index contributed by atoms with van der Waals surface area (Å²) in [5.41, 5.74) is 4.45. The molecule has 0 radical (unpaired) electrons. The van der Waals surface area contributed by atoms with Gasteiger partial charge in [0, 0.05) is 4.47 Å². The number of hydrogen-bond acceptors (Lipinski definition) is 1. The summed E-state index contributed by atoms with van der Waals surface area (Å²) >= 11 is 3.53. The summed E-state index contributed by atoms with van der Waals surface area (Å²) in [5.74, 6) is 0.700. The minimum atomic E-state index is -0.549. The second-order valence-electron chi connectivity index (χ2n) is 5.65. The summed E-state index contributed by atoms with van der Waals surface area (Å²) in [6, 6.07) is 14.4. The van der Waals surface area contributed by atoms with E-state index in [0.717, 1.165) is 21.2 Å². The molecule has 1 saturated carbocycles. The van der Waals surface area contributed by atoms with Crippen LogP contribution >= 0.6 is 15.9 Å². The maximum Gasteiger partial charge on any atom is 0.104 e. The van der Waals surface area contributed by atoms with Crippen molar-refractivity contribution in [2.75, 3.05) is 0 Å². The first-order valence-electron chi connectivity index (χ1n) is 7.20. The molecular weight excluding hydrogens is 312 g/mol.